The van der Waals surface area contributed by atoms with E-state index in [1.54, 1.807) is 11.6 Å². The van der Waals surface area contributed by atoms with Gasteiger partial charge in [-0.1, -0.05) is 25.5 Å². The zero-order valence-electron chi connectivity index (χ0n) is 16.8. The van der Waals surface area contributed by atoms with Crippen LogP contribution in [-0.4, -0.2) is 38.9 Å². The normalized spacial score (nSPS) is 27.3. The number of carbonyl (C=O) groups is 3. The number of nitrogens with two attached hydrogens (primary N) is 1. The Kier molecular flexibility index (Phi) is 7.03. The Morgan fingerprint density at radius 3 is 2.67 bits per heavy atom. The van der Waals surface area contributed by atoms with Crippen LogP contribution in [0.15, 0.2) is 6.20 Å². The molecule has 7 nitrogen and oxygen atoms in total. The number of fused-ring (bicyclic) bond motifs is 2. The molecule has 7 heteroatoms. The van der Waals surface area contributed by atoms with Gasteiger partial charge in [0.25, 0.3) is 0 Å². The second-order valence-electron chi connectivity index (χ2n) is 8.48. The van der Waals surface area contributed by atoms with E-state index in [9.17, 15) is 14.4 Å². The third kappa shape index (κ3) is 5.54. The van der Waals surface area contributed by atoms with Crippen molar-refractivity contribution in [2.45, 2.75) is 78.7 Å². The molecule has 27 heavy (non-hydrogen) atoms. The van der Waals surface area contributed by atoms with Crippen molar-refractivity contribution >= 4 is 17.3 Å². The number of aryl methyl sites for hydroxylation is 1. The molecule has 0 unspecified atom stereocenters. The molecule has 0 saturated heterocycles. The van der Waals surface area contributed by atoms with Crippen molar-refractivity contribution in [1.29, 1.82) is 0 Å². The fourth-order valence-electron chi connectivity index (χ4n) is 3.84. The van der Waals surface area contributed by atoms with Gasteiger partial charge < -0.3 is 10.5 Å². The highest BCUT2D eigenvalue weighted by atomic mass is 16.1. The van der Waals surface area contributed by atoms with Crippen LogP contribution in [0.4, 0.5) is 0 Å². The van der Waals surface area contributed by atoms with Gasteiger partial charge in [0.15, 0.2) is 5.78 Å². The quantitative estimate of drug-likeness (QED) is 0.844. The molecule has 1 aromatic heterocycles. The van der Waals surface area contributed by atoms with Crippen LogP contribution in [0.25, 0.3) is 0 Å². The topological polar surface area (TPSA) is 108 Å². The highest BCUT2D eigenvalue weighted by molar-refractivity contribution is 5.89. The third-order valence-corrected chi connectivity index (χ3v) is 5.99. The summed E-state index contributed by atoms with van der Waals surface area (Å²) in [6.45, 7) is 6.06. The van der Waals surface area contributed by atoms with Gasteiger partial charge >= 0.3 is 0 Å². The maximum atomic E-state index is 13.1. The number of rotatable bonds is 5. The smallest absolute Gasteiger partial charge is 0.152 e. The van der Waals surface area contributed by atoms with Crippen LogP contribution in [0.3, 0.4) is 0 Å². The molecule has 2 heterocycles. The molecule has 2 N–H and O–H groups in total. The molecular weight excluding hydrogens is 344 g/mol. The summed E-state index contributed by atoms with van der Waals surface area (Å²) in [6.07, 6.45) is 6.55. The van der Waals surface area contributed by atoms with Crippen LogP contribution in [0.5, 0.6) is 0 Å². The molecule has 2 atom stereocenters. The number of Topliss-reactive ketones (excluding diaryl/α,β-unsaturated/α-hetero) is 3. The molecule has 0 radical (unpaired) electrons. The predicted octanol–water partition coefficient (Wildman–Crippen LogP) is 2.26. The standard InChI is InChI=1S/C20H32N4O3/c1-15(25)6-9-19(2)8-4-5-11-24-14-16(22-23-24)12-20(3,18(27)13-21)10-7-17(19)26/h14H,4-13,21H2,1-3H3/t19-,20+/m1/s1. The minimum Gasteiger partial charge on any atom is -0.324 e. The Balaban J connectivity index is 2.27. The summed E-state index contributed by atoms with van der Waals surface area (Å²) in [5, 5.41) is 8.35. The van der Waals surface area contributed by atoms with Crippen LogP contribution in [0.1, 0.15) is 71.4 Å². The van der Waals surface area contributed by atoms with E-state index in [4.69, 9.17) is 5.73 Å². The summed E-state index contributed by atoms with van der Waals surface area (Å²) in [5.74, 6) is 0.176. The number of carbonyl (C=O) groups excluding carboxylic acids is 3. The van der Waals surface area contributed by atoms with Crippen LogP contribution in [-0.2, 0) is 27.3 Å². The lowest BCUT2D eigenvalue weighted by Gasteiger charge is -2.31. The fraction of sp³-hybridized carbons (Fsp3) is 0.750. The van der Waals surface area contributed by atoms with Crippen molar-refractivity contribution in [3.63, 3.8) is 0 Å². The number of hydrogen-bond acceptors (Lipinski definition) is 6. The van der Waals surface area contributed by atoms with Gasteiger partial charge in [-0.25, -0.2) is 0 Å². The third-order valence-electron chi connectivity index (χ3n) is 5.99. The lowest BCUT2D eigenvalue weighted by atomic mass is 9.71. The van der Waals surface area contributed by atoms with E-state index in [1.165, 1.54) is 0 Å². The van der Waals surface area contributed by atoms with Crippen LogP contribution in [0.2, 0.25) is 0 Å². The van der Waals surface area contributed by atoms with Crippen molar-refractivity contribution in [3.8, 4) is 0 Å². The van der Waals surface area contributed by atoms with E-state index >= 15 is 0 Å². The van der Waals surface area contributed by atoms with Gasteiger partial charge in [0.2, 0.25) is 0 Å². The molecule has 1 aliphatic rings. The molecule has 2 rings (SSSR count). The van der Waals surface area contributed by atoms with Gasteiger partial charge in [-0.3, -0.25) is 14.3 Å². The van der Waals surface area contributed by atoms with Gasteiger partial charge in [0.05, 0.1) is 12.2 Å². The highest BCUT2D eigenvalue weighted by Gasteiger charge is 2.37. The van der Waals surface area contributed by atoms with Gasteiger partial charge in [0.1, 0.15) is 11.6 Å². The number of aromatic nitrogens is 3. The lowest BCUT2D eigenvalue weighted by Crippen LogP contribution is -2.37. The summed E-state index contributed by atoms with van der Waals surface area (Å²) in [7, 11) is 0. The molecule has 0 saturated carbocycles. The molecule has 2 bridgehead atoms. The van der Waals surface area contributed by atoms with Crippen LogP contribution < -0.4 is 5.73 Å². The lowest BCUT2D eigenvalue weighted by molar-refractivity contribution is -0.131. The Labute approximate surface area is 161 Å². The van der Waals surface area contributed by atoms with Crippen molar-refractivity contribution in [2.24, 2.45) is 16.6 Å². The molecule has 0 fully saturated rings. The average molecular weight is 377 g/mol. The van der Waals surface area contributed by atoms with E-state index in [0.29, 0.717) is 32.1 Å². The van der Waals surface area contributed by atoms with E-state index in [-0.39, 0.29) is 23.9 Å². The van der Waals surface area contributed by atoms with Gasteiger partial charge in [-0.05, 0) is 32.6 Å². The molecule has 0 aromatic carbocycles. The van der Waals surface area contributed by atoms with Crippen molar-refractivity contribution < 1.29 is 14.4 Å². The molecule has 0 aliphatic carbocycles. The predicted molar refractivity (Wildman–Crippen MR) is 102 cm³/mol. The fourth-order valence-corrected chi connectivity index (χ4v) is 3.84. The number of hydrogen-bond donors (Lipinski definition) is 1. The van der Waals surface area contributed by atoms with E-state index < -0.39 is 10.8 Å². The highest BCUT2D eigenvalue weighted by Crippen LogP contribution is 2.36. The molecule has 0 spiro atoms. The maximum absolute atomic E-state index is 13.1. The first-order valence-electron chi connectivity index (χ1n) is 9.84. The number of ketones is 3. The van der Waals surface area contributed by atoms with Crippen molar-refractivity contribution in [3.05, 3.63) is 11.9 Å². The van der Waals surface area contributed by atoms with E-state index in [2.05, 4.69) is 10.3 Å². The van der Waals surface area contributed by atoms with Crippen molar-refractivity contribution in [1.82, 2.24) is 15.0 Å². The van der Waals surface area contributed by atoms with Gasteiger partial charge in [-0.2, -0.15) is 0 Å². The minimum absolute atomic E-state index is 0.0551. The monoisotopic (exact) mass is 376 g/mol. The zero-order valence-corrected chi connectivity index (χ0v) is 16.8. The number of nitrogens with zero attached hydrogens (tertiary/aromatic N) is 3. The largest absolute Gasteiger partial charge is 0.324 e. The van der Waals surface area contributed by atoms with E-state index in [1.807, 2.05) is 20.0 Å². The first-order valence-corrected chi connectivity index (χ1v) is 9.84. The summed E-state index contributed by atoms with van der Waals surface area (Å²) in [5.41, 5.74) is 5.13. The minimum atomic E-state index is -0.735. The second kappa shape index (κ2) is 8.87. The Bertz CT molecular complexity index is 699. The van der Waals surface area contributed by atoms with E-state index in [0.717, 1.165) is 31.5 Å². The van der Waals surface area contributed by atoms with Gasteiger partial charge in [-0.15, -0.1) is 5.10 Å². The van der Waals surface area contributed by atoms with Crippen LogP contribution in [0, 0.1) is 10.8 Å². The molecule has 1 aromatic rings. The average Bonchev–Trinajstić information content (AvgIpc) is 3.07. The first kappa shape index (κ1) is 21.4. The zero-order chi connectivity index (χ0) is 20.1. The Morgan fingerprint density at radius 2 is 2.00 bits per heavy atom. The first-order chi connectivity index (χ1) is 12.7. The molecule has 1 aliphatic heterocycles. The molecular formula is C20H32N4O3. The second-order valence-corrected chi connectivity index (χ2v) is 8.48. The van der Waals surface area contributed by atoms with Crippen LogP contribution >= 0.6 is 0 Å². The SMILES string of the molecule is CC(=O)CC[C@@]1(C)CCCCn2cc(nn2)C[C@@](C)(C(=O)CN)CCC1=O. The van der Waals surface area contributed by atoms with Gasteiger partial charge in [0, 0.05) is 42.8 Å². The van der Waals surface area contributed by atoms with Crippen molar-refractivity contribution in [2.75, 3.05) is 6.54 Å². The Morgan fingerprint density at radius 1 is 1.26 bits per heavy atom. The molecule has 0 amide bonds. The summed E-state index contributed by atoms with van der Waals surface area (Å²) in [4.78, 5) is 37.1. The summed E-state index contributed by atoms with van der Waals surface area (Å²) in [6, 6.07) is 0. The Hall–Kier alpha value is -1.89. The maximum Gasteiger partial charge on any atom is 0.152 e. The summed E-state index contributed by atoms with van der Waals surface area (Å²) < 4.78 is 1.80. The summed E-state index contributed by atoms with van der Waals surface area (Å²) >= 11 is 0. The molecule has 150 valence electrons.